The van der Waals surface area contributed by atoms with Crippen LogP contribution in [0.25, 0.3) is 0 Å². The molecule has 0 aromatic carbocycles. The SMILES string of the molecule is CC(=O)OC(=O)C(C)(C)C=O. The second-order valence-electron chi connectivity index (χ2n) is 2.72. The van der Waals surface area contributed by atoms with Gasteiger partial charge in [0.25, 0.3) is 0 Å². The monoisotopic (exact) mass is 158 g/mol. The molecule has 0 amide bonds. The van der Waals surface area contributed by atoms with Gasteiger partial charge < -0.3 is 9.53 Å². The van der Waals surface area contributed by atoms with Crippen molar-refractivity contribution in [2.24, 2.45) is 5.41 Å². The maximum Gasteiger partial charge on any atom is 0.326 e. The van der Waals surface area contributed by atoms with E-state index in [1.54, 1.807) is 0 Å². The van der Waals surface area contributed by atoms with Gasteiger partial charge in [0, 0.05) is 6.92 Å². The summed E-state index contributed by atoms with van der Waals surface area (Å²) in [5.41, 5.74) is -1.23. The zero-order chi connectivity index (χ0) is 9.07. The van der Waals surface area contributed by atoms with Crippen molar-refractivity contribution in [2.45, 2.75) is 20.8 Å². The molecule has 0 radical (unpaired) electrons. The molecule has 0 aromatic heterocycles. The number of ether oxygens (including phenoxy) is 1. The highest BCUT2D eigenvalue weighted by molar-refractivity contribution is 5.97. The highest BCUT2D eigenvalue weighted by atomic mass is 16.6. The summed E-state index contributed by atoms with van der Waals surface area (Å²) in [6.07, 6.45) is 0.443. The maximum atomic E-state index is 10.8. The fraction of sp³-hybridized carbons (Fsp3) is 0.571. The van der Waals surface area contributed by atoms with Gasteiger partial charge in [0.2, 0.25) is 0 Å². The minimum absolute atomic E-state index is 0.443. The fourth-order valence-corrected chi connectivity index (χ4v) is 0.310. The lowest BCUT2D eigenvalue weighted by Gasteiger charge is -2.12. The molecule has 0 N–H and O–H groups in total. The van der Waals surface area contributed by atoms with E-state index in [0.29, 0.717) is 6.29 Å². The van der Waals surface area contributed by atoms with E-state index in [1.807, 2.05) is 0 Å². The molecule has 0 spiro atoms. The van der Waals surface area contributed by atoms with Crippen LogP contribution in [0, 0.1) is 5.41 Å². The number of esters is 2. The summed E-state index contributed by atoms with van der Waals surface area (Å²) in [6, 6.07) is 0. The van der Waals surface area contributed by atoms with Crippen LogP contribution in [-0.2, 0) is 19.1 Å². The molecule has 0 aliphatic heterocycles. The zero-order valence-electron chi connectivity index (χ0n) is 6.71. The van der Waals surface area contributed by atoms with Crippen LogP contribution < -0.4 is 0 Å². The van der Waals surface area contributed by atoms with E-state index in [0.717, 1.165) is 6.92 Å². The van der Waals surface area contributed by atoms with E-state index < -0.39 is 17.4 Å². The average Bonchev–Trinajstić information content (AvgIpc) is 1.86. The van der Waals surface area contributed by atoms with Gasteiger partial charge in [0.15, 0.2) is 0 Å². The molecule has 0 aliphatic rings. The van der Waals surface area contributed by atoms with Crippen molar-refractivity contribution in [1.82, 2.24) is 0 Å². The summed E-state index contributed by atoms with van der Waals surface area (Å²) < 4.78 is 4.20. The number of hydrogen-bond acceptors (Lipinski definition) is 4. The molecule has 0 heterocycles. The lowest BCUT2D eigenvalue weighted by atomic mass is 9.96. The van der Waals surface area contributed by atoms with Crippen LogP contribution in [0.2, 0.25) is 0 Å². The van der Waals surface area contributed by atoms with E-state index in [9.17, 15) is 14.4 Å². The standard InChI is InChI=1S/C7H10O4/c1-5(9)11-6(10)7(2,3)4-8/h4H,1-3H3. The summed E-state index contributed by atoms with van der Waals surface area (Å²) in [4.78, 5) is 31.3. The van der Waals surface area contributed by atoms with E-state index in [4.69, 9.17) is 0 Å². The minimum atomic E-state index is -1.23. The predicted octanol–water partition coefficient (Wildman–Crippen LogP) is 0.301. The van der Waals surface area contributed by atoms with Gasteiger partial charge in [0.05, 0.1) is 0 Å². The van der Waals surface area contributed by atoms with E-state index in [2.05, 4.69) is 4.74 Å². The molecule has 0 saturated carbocycles. The van der Waals surface area contributed by atoms with Crippen molar-refractivity contribution in [1.29, 1.82) is 0 Å². The van der Waals surface area contributed by atoms with Crippen molar-refractivity contribution < 1.29 is 19.1 Å². The molecule has 0 aromatic rings. The molecule has 0 bridgehead atoms. The second kappa shape index (κ2) is 3.27. The van der Waals surface area contributed by atoms with Crippen LogP contribution in [0.3, 0.4) is 0 Å². The zero-order valence-corrected chi connectivity index (χ0v) is 6.71. The Morgan fingerprint density at radius 2 is 1.82 bits per heavy atom. The first-order chi connectivity index (χ1) is 4.90. The van der Waals surface area contributed by atoms with Crippen molar-refractivity contribution in [3.05, 3.63) is 0 Å². The number of carbonyl (C=O) groups excluding carboxylic acids is 3. The highest BCUT2D eigenvalue weighted by Gasteiger charge is 2.29. The van der Waals surface area contributed by atoms with Gasteiger partial charge >= 0.3 is 11.9 Å². The maximum absolute atomic E-state index is 10.8. The summed E-state index contributed by atoms with van der Waals surface area (Å²) in [6.45, 7) is 3.87. The van der Waals surface area contributed by atoms with Crippen molar-refractivity contribution in [3.63, 3.8) is 0 Å². The van der Waals surface area contributed by atoms with Crippen LogP contribution >= 0.6 is 0 Å². The van der Waals surface area contributed by atoms with Gasteiger partial charge in [-0.1, -0.05) is 0 Å². The molecule has 4 heteroatoms. The number of aldehydes is 1. The Morgan fingerprint density at radius 1 is 1.36 bits per heavy atom. The molecular formula is C7H10O4. The third kappa shape index (κ3) is 2.93. The molecule has 0 atom stereocenters. The van der Waals surface area contributed by atoms with Crippen molar-refractivity contribution >= 4 is 18.2 Å². The lowest BCUT2D eigenvalue weighted by Crippen LogP contribution is -2.29. The Morgan fingerprint density at radius 3 is 2.09 bits per heavy atom. The van der Waals surface area contributed by atoms with Gasteiger partial charge in [-0.25, -0.2) is 0 Å². The first kappa shape index (κ1) is 9.81. The smallest absolute Gasteiger partial charge is 0.326 e. The highest BCUT2D eigenvalue weighted by Crippen LogP contribution is 2.12. The molecule has 0 saturated heterocycles. The Labute approximate surface area is 64.5 Å². The van der Waals surface area contributed by atoms with Crippen LogP contribution in [0.15, 0.2) is 0 Å². The molecule has 4 nitrogen and oxygen atoms in total. The summed E-state index contributed by atoms with van der Waals surface area (Å²) in [7, 11) is 0. The topological polar surface area (TPSA) is 60.4 Å². The Balaban J connectivity index is 4.24. The van der Waals surface area contributed by atoms with E-state index >= 15 is 0 Å². The summed E-state index contributed by atoms with van der Waals surface area (Å²) in [5.74, 6) is -1.52. The number of hydrogen-bond donors (Lipinski definition) is 0. The molecule has 0 unspecified atom stereocenters. The van der Waals surface area contributed by atoms with Crippen molar-refractivity contribution in [3.8, 4) is 0 Å². The molecular weight excluding hydrogens is 148 g/mol. The van der Waals surface area contributed by atoms with Crippen molar-refractivity contribution in [2.75, 3.05) is 0 Å². The number of carbonyl (C=O) groups is 3. The first-order valence-electron chi connectivity index (χ1n) is 3.09. The molecule has 11 heavy (non-hydrogen) atoms. The second-order valence-corrected chi connectivity index (χ2v) is 2.72. The van der Waals surface area contributed by atoms with Gasteiger partial charge in [-0.05, 0) is 13.8 Å². The third-order valence-corrected chi connectivity index (χ3v) is 1.06. The fourth-order valence-electron chi connectivity index (χ4n) is 0.310. The Bertz CT molecular complexity index is 193. The van der Waals surface area contributed by atoms with E-state index in [-0.39, 0.29) is 0 Å². The Hall–Kier alpha value is -1.19. The van der Waals surface area contributed by atoms with E-state index in [1.165, 1.54) is 13.8 Å². The summed E-state index contributed by atoms with van der Waals surface area (Å²) in [5, 5.41) is 0. The quantitative estimate of drug-likeness (QED) is 0.329. The predicted molar refractivity (Wildman–Crippen MR) is 36.6 cm³/mol. The molecule has 0 fully saturated rings. The molecule has 62 valence electrons. The van der Waals surface area contributed by atoms with Gasteiger partial charge in [0.1, 0.15) is 11.7 Å². The number of rotatable bonds is 2. The first-order valence-corrected chi connectivity index (χ1v) is 3.09. The van der Waals surface area contributed by atoms with Crippen LogP contribution in [0.5, 0.6) is 0 Å². The average molecular weight is 158 g/mol. The van der Waals surface area contributed by atoms with Gasteiger partial charge in [-0.15, -0.1) is 0 Å². The van der Waals surface area contributed by atoms with Crippen LogP contribution in [-0.4, -0.2) is 18.2 Å². The summed E-state index contributed by atoms with van der Waals surface area (Å²) >= 11 is 0. The van der Waals surface area contributed by atoms with Crippen LogP contribution in [0.1, 0.15) is 20.8 Å². The third-order valence-electron chi connectivity index (χ3n) is 1.06. The molecule has 0 rings (SSSR count). The minimum Gasteiger partial charge on any atom is -0.393 e. The Kier molecular flexibility index (Phi) is 2.92. The largest absolute Gasteiger partial charge is 0.393 e. The normalized spacial score (nSPS) is 10.5. The van der Waals surface area contributed by atoms with Gasteiger partial charge in [-0.2, -0.15) is 0 Å². The van der Waals surface area contributed by atoms with Crippen LogP contribution in [0.4, 0.5) is 0 Å². The van der Waals surface area contributed by atoms with Gasteiger partial charge in [-0.3, -0.25) is 9.59 Å². The lowest BCUT2D eigenvalue weighted by molar-refractivity contribution is -0.164. The molecule has 0 aliphatic carbocycles.